The van der Waals surface area contributed by atoms with Gasteiger partial charge in [-0.05, 0) is 25.5 Å². The van der Waals surface area contributed by atoms with Crippen LogP contribution in [0.5, 0.6) is 0 Å². The number of nitrogens with zero attached hydrogens (tertiary/aromatic N) is 1. The average Bonchev–Trinajstić information content (AvgIpc) is 2.34. The van der Waals surface area contributed by atoms with Crippen LogP contribution >= 0.6 is 0 Å². The number of nitrogens with two attached hydrogens (primary N) is 1. The Balaban J connectivity index is 2.73. The number of methoxy groups -OCH3 is 1. The summed E-state index contributed by atoms with van der Waals surface area (Å²) in [7, 11) is 1.72. The lowest BCUT2D eigenvalue weighted by molar-refractivity contribution is 0.125. The largest absolute Gasteiger partial charge is 0.384 e. The Morgan fingerprint density at radius 2 is 2.17 bits per heavy atom. The second-order valence-electron chi connectivity index (χ2n) is 4.67. The molecule has 0 aliphatic carbocycles. The van der Waals surface area contributed by atoms with Crippen LogP contribution < -0.4 is 5.73 Å². The van der Waals surface area contributed by atoms with Gasteiger partial charge in [-0.2, -0.15) is 0 Å². The highest BCUT2D eigenvalue weighted by Crippen LogP contribution is 2.10. The maximum absolute atomic E-state index is 7.45. The molecule has 4 heteroatoms. The molecule has 0 bridgehead atoms. The highest BCUT2D eigenvalue weighted by Gasteiger charge is 2.10. The summed E-state index contributed by atoms with van der Waals surface area (Å²) in [6.07, 6.45) is 0. The van der Waals surface area contributed by atoms with Crippen molar-refractivity contribution in [3.05, 3.63) is 35.4 Å². The van der Waals surface area contributed by atoms with Crippen molar-refractivity contribution in [3.63, 3.8) is 0 Å². The third kappa shape index (κ3) is 4.47. The summed E-state index contributed by atoms with van der Waals surface area (Å²) in [6.45, 7) is 6.82. The molecular formula is C14H23N3O. The van der Waals surface area contributed by atoms with E-state index in [1.807, 2.05) is 18.2 Å². The molecule has 0 radical (unpaired) electrons. The highest BCUT2D eigenvalue weighted by atomic mass is 16.5. The van der Waals surface area contributed by atoms with Gasteiger partial charge in [0.2, 0.25) is 0 Å². The molecule has 18 heavy (non-hydrogen) atoms. The summed E-state index contributed by atoms with van der Waals surface area (Å²) >= 11 is 0. The van der Waals surface area contributed by atoms with E-state index in [-0.39, 0.29) is 5.84 Å². The molecular weight excluding hydrogens is 226 g/mol. The van der Waals surface area contributed by atoms with E-state index in [1.165, 1.54) is 5.56 Å². The molecule has 0 saturated carbocycles. The van der Waals surface area contributed by atoms with E-state index < -0.39 is 0 Å². The molecule has 3 N–H and O–H groups in total. The minimum atomic E-state index is 0.116. The minimum Gasteiger partial charge on any atom is -0.384 e. The molecule has 0 atom stereocenters. The fourth-order valence-corrected chi connectivity index (χ4v) is 1.80. The quantitative estimate of drug-likeness (QED) is 0.572. The van der Waals surface area contributed by atoms with Crippen LogP contribution in [0.4, 0.5) is 0 Å². The SMILES string of the molecule is COCCN(Cc1cccc(C(=N)N)c1)C(C)C. The summed E-state index contributed by atoms with van der Waals surface area (Å²) in [4.78, 5) is 2.34. The molecule has 1 rings (SSSR count). The molecule has 0 unspecified atom stereocenters. The van der Waals surface area contributed by atoms with Crippen molar-refractivity contribution in [2.75, 3.05) is 20.3 Å². The topological polar surface area (TPSA) is 62.3 Å². The summed E-state index contributed by atoms with van der Waals surface area (Å²) in [5.74, 6) is 0.116. The van der Waals surface area contributed by atoms with Gasteiger partial charge in [-0.3, -0.25) is 10.3 Å². The van der Waals surface area contributed by atoms with E-state index in [2.05, 4.69) is 24.8 Å². The first-order valence-corrected chi connectivity index (χ1v) is 6.21. The van der Waals surface area contributed by atoms with Gasteiger partial charge in [0, 0.05) is 31.8 Å². The van der Waals surface area contributed by atoms with E-state index in [0.29, 0.717) is 6.04 Å². The highest BCUT2D eigenvalue weighted by molar-refractivity contribution is 5.95. The van der Waals surface area contributed by atoms with Crippen molar-refractivity contribution >= 4 is 5.84 Å². The normalized spacial score (nSPS) is 11.2. The van der Waals surface area contributed by atoms with Crippen LogP contribution in [-0.4, -0.2) is 37.0 Å². The number of hydrogen-bond donors (Lipinski definition) is 2. The second-order valence-corrected chi connectivity index (χ2v) is 4.67. The Bertz CT molecular complexity index is 390. The lowest BCUT2D eigenvalue weighted by atomic mass is 10.1. The van der Waals surface area contributed by atoms with Gasteiger partial charge in [0.15, 0.2) is 0 Å². The number of nitrogen functional groups attached to an aromatic ring is 1. The Morgan fingerprint density at radius 3 is 2.72 bits per heavy atom. The number of rotatable bonds is 7. The zero-order chi connectivity index (χ0) is 13.5. The summed E-state index contributed by atoms with van der Waals surface area (Å²) < 4.78 is 5.13. The smallest absolute Gasteiger partial charge is 0.122 e. The van der Waals surface area contributed by atoms with E-state index in [9.17, 15) is 0 Å². The zero-order valence-corrected chi connectivity index (χ0v) is 11.4. The van der Waals surface area contributed by atoms with Crippen LogP contribution in [0.1, 0.15) is 25.0 Å². The standard InChI is InChI=1S/C14H23N3O/c1-11(2)17(7-8-18-3)10-12-5-4-6-13(9-12)14(15)16/h4-6,9,11H,7-8,10H2,1-3H3,(H3,15,16). The molecule has 0 spiro atoms. The van der Waals surface area contributed by atoms with Crippen molar-refractivity contribution in [3.8, 4) is 0 Å². The van der Waals surface area contributed by atoms with Crippen LogP contribution in [0, 0.1) is 5.41 Å². The maximum Gasteiger partial charge on any atom is 0.122 e. The van der Waals surface area contributed by atoms with Crippen molar-refractivity contribution in [1.82, 2.24) is 4.90 Å². The van der Waals surface area contributed by atoms with Gasteiger partial charge in [-0.15, -0.1) is 0 Å². The fourth-order valence-electron chi connectivity index (χ4n) is 1.80. The Morgan fingerprint density at radius 1 is 1.44 bits per heavy atom. The van der Waals surface area contributed by atoms with Crippen LogP contribution in [-0.2, 0) is 11.3 Å². The van der Waals surface area contributed by atoms with Gasteiger partial charge in [0.1, 0.15) is 5.84 Å². The fraction of sp³-hybridized carbons (Fsp3) is 0.500. The van der Waals surface area contributed by atoms with Crippen LogP contribution in [0.3, 0.4) is 0 Å². The van der Waals surface area contributed by atoms with Crippen LogP contribution in [0.2, 0.25) is 0 Å². The molecule has 0 aromatic heterocycles. The van der Waals surface area contributed by atoms with E-state index in [1.54, 1.807) is 7.11 Å². The molecule has 0 heterocycles. The second kappa shape index (κ2) is 7.13. The monoisotopic (exact) mass is 249 g/mol. The molecule has 1 aromatic rings. The predicted molar refractivity (Wildman–Crippen MR) is 74.9 cm³/mol. The zero-order valence-electron chi connectivity index (χ0n) is 11.4. The van der Waals surface area contributed by atoms with Crippen molar-refractivity contribution in [1.29, 1.82) is 5.41 Å². The third-order valence-corrected chi connectivity index (χ3v) is 2.94. The Labute approximate surface area is 109 Å². The van der Waals surface area contributed by atoms with E-state index in [4.69, 9.17) is 15.9 Å². The van der Waals surface area contributed by atoms with E-state index >= 15 is 0 Å². The first-order chi connectivity index (χ1) is 8.54. The van der Waals surface area contributed by atoms with E-state index in [0.717, 1.165) is 25.3 Å². The maximum atomic E-state index is 7.45. The molecule has 0 fully saturated rings. The lowest BCUT2D eigenvalue weighted by Gasteiger charge is -2.26. The molecule has 0 amide bonds. The van der Waals surface area contributed by atoms with Crippen molar-refractivity contribution in [2.24, 2.45) is 5.73 Å². The molecule has 0 aliphatic rings. The van der Waals surface area contributed by atoms with Gasteiger partial charge in [0.25, 0.3) is 0 Å². The first kappa shape index (κ1) is 14.7. The van der Waals surface area contributed by atoms with Gasteiger partial charge < -0.3 is 10.5 Å². The van der Waals surface area contributed by atoms with Crippen LogP contribution in [0.25, 0.3) is 0 Å². The molecule has 4 nitrogen and oxygen atoms in total. The number of ether oxygens (including phenoxy) is 1. The summed E-state index contributed by atoms with van der Waals surface area (Å²) in [5, 5.41) is 7.45. The van der Waals surface area contributed by atoms with Crippen molar-refractivity contribution < 1.29 is 4.74 Å². The van der Waals surface area contributed by atoms with Crippen LogP contribution in [0.15, 0.2) is 24.3 Å². The third-order valence-electron chi connectivity index (χ3n) is 2.94. The molecule has 0 saturated heterocycles. The molecule has 0 aliphatic heterocycles. The van der Waals surface area contributed by atoms with Crippen molar-refractivity contribution in [2.45, 2.75) is 26.4 Å². The van der Waals surface area contributed by atoms with Gasteiger partial charge in [-0.1, -0.05) is 18.2 Å². The minimum absolute atomic E-state index is 0.116. The molecule has 100 valence electrons. The number of hydrogen-bond acceptors (Lipinski definition) is 3. The average molecular weight is 249 g/mol. The first-order valence-electron chi connectivity index (χ1n) is 6.21. The van der Waals surface area contributed by atoms with Gasteiger partial charge in [-0.25, -0.2) is 0 Å². The summed E-state index contributed by atoms with van der Waals surface area (Å²) in [5.41, 5.74) is 7.46. The number of nitrogens with one attached hydrogen (secondary N) is 1. The Hall–Kier alpha value is -1.39. The van der Waals surface area contributed by atoms with Gasteiger partial charge >= 0.3 is 0 Å². The van der Waals surface area contributed by atoms with Gasteiger partial charge in [0.05, 0.1) is 6.61 Å². The number of benzene rings is 1. The summed E-state index contributed by atoms with van der Waals surface area (Å²) in [6, 6.07) is 8.31. The predicted octanol–water partition coefficient (Wildman–Crippen LogP) is 1.83. The lowest BCUT2D eigenvalue weighted by Crippen LogP contribution is -2.33. The Kier molecular flexibility index (Phi) is 5.82. The number of amidine groups is 1. The molecule has 1 aromatic carbocycles.